The SMILES string of the molecule is CCC(CCCC1CC(C)(C)C(C)(S)C1)C1CCC(C2CCCC2)CC1. The van der Waals surface area contributed by atoms with Gasteiger partial charge >= 0.3 is 0 Å². The van der Waals surface area contributed by atoms with Crippen LogP contribution < -0.4 is 0 Å². The zero-order valence-corrected chi connectivity index (χ0v) is 19.1. The summed E-state index contributed by atoms with van der Waals surface area (Å²) in [5.41, 5.74) is 0.406. The Morgan fingerprint density at radius 1 is 0.885 bits per heavy atom. The van der Waals surface area contributed by atoms with Crippen LogP contribution in [0.25, 0.3) is 0 Å². The van der Waals surface area contributed by atoms with Gasteiger partial charge in [0.25, 0.3) is 0 Å². The normalized spacial score (nSPS) is 39.3. The predicted molar refractivity (Wildman–Crippen MR) is 119 cm³/mol. The topological polar surface area (TPSA) is 0 Å². The van der Waals surface area contributed by atoms with E-state index in [0.717, 1.165) is 29.6 Å². The Bertz CT molecular complexity index is 407. The summed E-state index contributed by atoms with van der Waals surface area (Å²) in [5.74, 6) is 5.18. The fourth-order valence-electron chi connectivity index (χ4n) is 7.01. The molecule has 3 saturated carbocycles. The van der Waals surface area contributed by atoms with Crippen molar-refractivity contribution in [3.8, 4) is 0 Å². The highest BCUT2D eigenvalue weighted by Gasteiger charge is 2.46. The van der Waals surface area contributed by atoms with Crippen molar-refractivity contribution in [2.45, 2.75) is 122 Å². The summed E-state index contributed by atoms with van der Waals surface area (Å²) in [7, 11) is 0. The fraction of sp³-hybridized carbons (Fsp3) is 1.00. The number of rotatable bonds is 7. The largest absolute Gasteiger partial charge is 0.172 e. The third-order valence-corrected chi connectivity index (χ3v) is 9.99. The molecule has 0 aromatic rings. The van der Waals surface area contributed by atoms with E-state index in [1.54, 1.807) is 38.5 Å². The maximum atomic E-state index is 5.00. The van der Waals surface area contributed by atoms with Gasteiger partial charge in [0.05, 0.1) is 0 Å². The monoisotopic (exact) mass is 378 g/mol. The van der Waals surface area contributed by atoms with Gasteiger partial charge in [-0.2, -0.15) is 12.6 Å². The number of hydrogen-bond donors (Lipinski definition) is 1. The van der Waals surface area contributed by atoms with Crippen molar-refractivity contribution >= 4 is 12.6 Å². The summed E-state index contributed by atoms with van der Waals surface area (Å²) < 4.78 is 0.237. The second-order valence-electron chi connectivity index (χ2n) is 11.3. The first-order valence-corrected chi connectivity index (χ1v) is 12.5. The lowest BCUT2D eigenvalue weighted by molar-refractivity contribution is 0.153. The Morgan fingerprint density at radius 3 is 2.04 bits per heavy atom. The van der Waals surface area contributed by atoms with Crippen molar-refractivity contribution in [3.05, 3.63) is 0 Å². The second-order valence-corrected chi connectivity index (χ2v) is 12.2. The Labute approximate surface area is 170 Å². The van der Waals surface area contributed by atoms with E-state index in [9.17, 15) is 0 Å². The minimum atomic E-state index is 0.237. The van der Waals surface area contributed by atoms with Gasteiger partial charge < -0.3 is 0 Å². The Kier molecular flexibility index (Phi) is 7.12. The molecule has 0 N–H and O–H groups in total. The molecule has 3 rings (SSSR count). The molecule has 152 valence electrons. The molecule has 0 bridgehead atoms. The molecular formula is C25H46S. The van der Waals surface area contributed by atoms with Crippen LogP contribution in [0.1, 0.15) is 118 Å². The average Bonchev–Trinajstić information content (AvgIpc) is 3.18. The van der Waals surface area contributed by atoms with Gasteiger partial charge in [0.15, 0.2) is 0 Å². The summed E-state index contributed by atoms with van der Waals surface area (Å²) in [6.45, 7) is 9.68. The second kappa shape index (κ2) is 8.79. The van der Waals surface area contributed by atoms with Crippen LogP contribution in [0.2, 0.25) is 0 Å². The molecule has 3 unspecified atom stereocenters. The molecule has 0 nitrogen and oxygen atoms in total. The average molecular weight is 379 g/mol. The van der Waals surface area contributed by atoms with Gasteiger partial charge in [0, 0.05) is 4.75 Å². The third-order valence-electron chi connectivity index (χ3n) is 9.20. The van der Waals surface area contributed by atoms with E-state index in [4.69, 9.17) is 12.6 Å². The highest BCUT2D eigenvalue weighted by Crippen LogP contribution is 2.54. The standard InChI is InChI=1S/C25H46S/c1-5-20(12-8-9-19-17-24(2,3)25(4,26)18-19)22-13-15-23(16-14-22)21-10-6-7-11-21/h19-23,26H,5-18H2,1-4H3. The minimum Gasteiger partial charge on any atom is -0.172 e. The van der Waals surface area contributed by atoms with Crippen LogP contribution in [0.4, 0.5) is 0 Å². The highest BCUT2D eigenvalue weighted by atomic mass is 32.1. The van der Waals surface area contributed by atoms with Crippen molar-refractivity contribution < 1.29 is 0 Å². The van der Waals surface area contributed by atoms with E-state index in [1.165, 1.54) is 51.4 Å². The van der Waals surface area contributed by atoms with E-state index in [0.29, 0.717) is 5.41 Å². The van der Waals surface area contributed by atoms with Gasteiger partial charge in [-0.3, -0.25) is 0 Å². The molecule has 3 aliphatic carbocycles. The smallest absolute Gasteiger partial charge is 0.0155 e. The molecule has 0 spiro atoms. The van der Waals surface area contributed by atoms with Crippen LogP contribution in [0, 0.1) is 35.0 Å². The number of hydrogen-bond acceptors (Lipinski definition) is 1. The molecule has 0 aromatic carbocycles. The zero-order chi connectivity index (χ0) is 18.8. The first-order valence-electron chi connectivity index (χ1n) is 12.0. The van der Waals surface area contributed by atoms with Crippen molar-refractivity contribution in [2.75, 3.05) is 0 Å². The molecule has 26 heavy (non-hydrogen) atoms. The lowest BCUT2D eigenvalue weighted by atomic mass is 9.70. The van der Waals surface area contributed by atoms with E-state index in [2.05, 4.69) is 27.7 Å². The van der Waals surface area contributed by atoms with E-state index in [1.807, 2.05) is 0 Å². The molecule has 0 aromatic heterocycles. The third kappa shape index (κ3) is 4.84. The molecule has 0 heterocycles. The van der Waals surface area contributed by atoms with E-state index < -0.39 is 0 Å². The lowest BCUT2D eigenvalue weighted by Crippen LogP contribution is -2.30. The molecule has 0 saturated heterocycles. The van der Waals surface area contributed by atoms with Crippen LogP contribution in [0.15, 0.2) is 0 Å². The van der Waals surface area contributed by atoms with Gasteiger partial charge in [-0.1, -0.05) is 79.1 Å². The van der Waals surface area contributed by atoms with Crippen molar-refractivity contribution in [1.29, 1.82) is 0 Å². The van der Waals surface area contributed by atoms with Crippen LogP contribution in [0.3, 0.4) is 0 Å². The summed E-state index contributed by atoms with van der Waals surface area (Å²) in [6, 6.07) is 0. The first-order chi connectivity index (χ1) is 12.3. The Balaban J connectivity index is 1.39. The molecule has 0 radical (unpaired) electrons. The lowest BCUT2D eigenvalue weighted by Gasteiger charge is -2.36. The maximum Gasteiger partial charge on any atom is 0.0155 e. The Hall–Kier alpha value is 0.350. The van der Waals surface area contributed by atoms with Crippen LogP contribution in [-0.4, -0.2) is 4.75 Å². The fourth-order valence-corrected chi connectivity index (χ4v) is 7.36. The predicted octanol–water partition coefficient (Wildman–Crippen LogP) is 8.30. The van der Waals surface area contributed by atoms with Crippen LogP contribution in [-0.2, 0) is 0 Å². The first kappa shape index (κ1) is 21.1. The molecule has 3 atom stereocenters. The summed E-state index contributed by atoms with van der Waals surface area (Å²) >= 11 is 5.00. The molecule has 0 aliphatic heterocycles. The molecular weight excluding hydrogens is 332 g/mol. The number of thiol groups is 1. The van der Waals surface area contributed by atoms with E-state index in [-0.39, 0.29) is 4.75 Å². The Morgan fingerprint density at radius 2 is 1.50 bits per heavy atom. The highest BCUT2D eigenvalue weighted by molar-refractivity contribution is 7.81. The van der Waals surface area contributed by atoms with Crippen LogP contribution >= 0.6 is 12.6 Å². The molecule has 3 fully saturated rings. The molecule has 0 amide bonds. The summed E-state index contributed by atoms with van der Waals surface area (Å²) in [4.78, 5) is 0. The molecule has 1 heteroatoms. The van der Waals surface area contributed by atoms with Gasteiger partial charge in [-0.15, -0.1) is 0 Å². The quantitative estimate of drug-likeness (QED) is 0.423. The minimum absolute atomic E-state index is 0.237. The van der Waals surface area contributed by atoms with Crippen molar-refractivity contribution in [3.63, 3.8) is 0 Å². The van der Waals surface area contributed by atoms with Gasteiger partial charge in [0.1, 0.15) is 0 Å². The van der Waals surface area contributed by atoms with Gasteiger partial charge in [-0.05, 0) is 73.5 Å². The van der Waals surface area contributed by atoms with E-state index >= 15 is 0 Å². The van der Waals surface area contributed by atoms with Crippen molar-refractivity contribution in [2.24, 2.45) is 35.0 Å². The van der Waals surface area contributed by atoms with Crippen LogP contribution in [0.5, 0.6) is 0 Å². The van der Waals surface area contributed by atoms with Gasteiger partial charge in [0.2, 0.25) is 0 Å². The van der Waals surface area contributed by atoms with Gasteiger partial charge in [-0.25, -0.2) is 0 Å². The zero-order valence-electron chi connectivity index (χ0n) is 18.2. The summed E-state index contributed by atoms with van der Waals surface area (Å²) in [5, 5.41) is 0. The molecule has 3 aliphatic rings. The maximum absolute atomic E-state index is 5.00. The van der Waals surface area contributed by atoms with Crippen molar-refractivity contribution in [1.82, 2.24) is 0 Å². The summed E-state index contributed by atoms with van der Waals surface area (Å²) in [6.07, 6.45) is 20.9.